The van der Waals surface area contributed by atoms with Gasteiger partial charge in [0, 0.05) is 48.9 Å². The molecule has 0 saturated carbocycles. The molecule has 0 radical (unpaired) electrons. The van der Waals surface area contributed by atoms with Gasteiger partial charge in [-0.3, -0.25) is 19.5 Å². The Balaban J connectivity index is 1.41. The van der Waals surface area contributed by atoms with Crippen LogP contribution in [0, 0.1) is 5.92 Å². The van der Waals surface area contributed by atoms with Crippen molar-refractivity contribution in [3.63, 3.8) is 0 Å². The van der Waals surface area contributed by atoms with Gasteiger partial charge in [0.2, 0.25) is 0 Å². The number of carboxylic acid groups (broad SMARTS) is 1. The molecular formula is C33H35N7O6. The highest BCUT2D eigenvalue weighted by Crippen LogP contribution is 2.33. The largest absolute Gasteiger partial charge is 0.465 e. The molecule has 2 aliphatic rings. The minimum absolute atomic E-state index is 0.0198. The molecule has 3 atom stereocenters. The van der Waals surface area contributed by atoms with Crippen LogP contribution in [-0.2, 0) is 16.1 Å². The fourth-order valence-electron chi connectivity index (χ4n) is 5.95. The van der Waals surface area contributed by atoms with E-state index in [1.165, 1.54) is 6.20 Å². The number of hydrogen-bond acceptors (Lipinski definition) is 9. The van der Waals surface area contributed by atoms with Crippen LogP contribution in [-0.4, -0.2) is 83.1 Å². The lowest BCUT2D eigenvalue weighted by atomic mass is 9.92. The average Bonchev–Trinajstić information content (AvgIpc) is 3.06. The Morgan fingerprint density at radius 3 is 2.67 bits per heavy atom. The van der Waals surface area contributed by atoms with Gasteiger partial charge in [0.25, 0.3) is 11.8 Å². The van der Waals surface area contributed by atoms with E-state index in [4.69, 9.17) is 15.5 Å². The number of aliphatic hydroxyl groups is 1. The number of benzene rings is 2. The first-order valence-corrected chi connectivity index (χ1v) is 15.0. The standard InChI is InChI=1S/C33H35N7O6/c1-20-16-38(18-24(34)31(20)42)27-9-10-35-15-26(27)37-32(43)30-28(40(33(44)45)17-21-5-3-2-4-6-21)13-22-7-8-23(14-25(22)36-30)39-11-12-46-19-29(39)41/h2-10,13-15,20,24,31,42H,11-12,16-19,34H2,1H3,(H,37,43)(H,44,45)/t20-,24+,31+/m0/s1. The number of ether oxygens (including phenoxy) is 1. The highest BCUT2D eigenvalue weighted by Gasteiger charge is 2.32. The summed E-state index contributed by atoms with van der Waals surface area (Å²) in [5, 5.41) is 24.2. The van der Waals surface area contributed by atoms with Crippen LogP contribution in [0.15, 0.2) is 73.1 Å². The molecule has 46 heavy (non-hydrogen) atoms. The first-order valence-electron chi connectivity index (χ1n) is 15.0. The summed E-state index contributed by atoms with van der Waals surface area (Å²) >= 11 is 0. The topological polar surface area (TPSA) is 174 Å². The zero-order valence-electron chi connectivity index (χ0n) is 25.2. The van der Waals surface area contributed by atoms with Crippen LogP contribution in [0.1, 0.15) is 23.0 Å². The van der Waals surface area contributed by atoms with Crippen molar-refractivity contribution in [2.24, 2.45) is 11.7 Å². The van der Waals surface area contributed by atoms with E-state index in [0.717, 1.165) is 10.5 Å². The van der Waals surface area contributed by atoms with E-state index in [0.29, 0.717) is 54.2 Å². The second-order valence-corrected chi connectivity index (χ2v) is 11.6. The number of nitrogens with two attached hydrogens (primary N) is 1. The van der Waals surface area contributed by atoms with Gasteiger partial charge in [0.15, 0.2) is 5.69 Å². The number of fused-ring (bicyclic) bond motifs is 1. The summed E-state index contributed by atoms with van der Waals surface area (Å²) in [6.07, 6.45) is 1.21. The van der Waals surface area contributed by atoms with E-state index in [2.05, 4.69) is 10.3 Å². The van der Waals surface area contributed by atoms with E-state index in [9.17, 15) is 24.6 Å². The number of pyridine rings is 2. The van der Waals surface area contributed by atoms with Crippen molar-refractivity contribution in [1.29, 1.82) is 0 Å². The first kappa shape index (κ1) is 30.9. The van der Waals surface area contributed by atoms with Crippen molar-refractivity contribution in [3.05, 3.63) is 84.3 Å². The smallest absolute Gasteiger partial charge is 0.412 e. The zero-order valence-corrected chi connectivity index (χ0v) is 25.2. The second-order valence-electron chi connectivity index (χ2n) is 11.6. The molecule has 4 aromatic rings. The highest BCUT2D eigenvalue weighted by molar-refractivity contribution is 6.11. The summed E-state index contributed by atoms with van der Waals surface area (Å²) in [5.74, 6) is -0.944. The van der Waals surface area contributed by atoms with Gasteiger partial charge in [0.05, 0.1) is 48.0 Å². The Labute approximate surface area is 265 Å². The molecule has 13 heteroatoms. The monoisotopic (exact) mass is 625 g/mol. The molecule has 0 unspecified atom stereocenters. The van der Waals surface area contributed by atoms with Crippen LogP contribution in [0.25, 0.3) is 10.9 Å². The van der Waals surface area contributed by atoms with Crippen molar-refractivity contribution >= 4 is 51.6 Å². The summed E-state index contributed by atoms with van der Waals surface area (Å²) in [6.45, 7) is 3.50. The van der Waals surface area contributed by atoms with Crippen molar-refractivity contribution in [2.45, 2.75) is 25.6 Å². The maximum Gasteiger partial charge on any atom is 0.412 e. The third-order valence-corrected chi connectivity index (χ3v) is 8.35. The number of morpholine rings is 1. The van der Waals surface area contributed by atoms with E-state index in [1.807, 2.05) is 30.0 Å². The predicted octanol–water partition coefficient (Wildman–Crippen LogP) is 3.07. The molecule has 2 aromatic carbocycles. The van der Waals surface area contributed by atoms with Crippen LogP contribution in [0.5, 0.6) is 0 Å². The highest BCUT2D eigenvalue weighted by atomic mass is 16.5. The second kappa shape index (κ2) is 13.1. The van der Waals surface area contributed by atoms with E-state index < -0.39 is 24.1 Å². The molecule has 2 aromatic heterocycles. The van der Waals surface area contributed by atoms with Crippen LogP contribution in [0.3, 0.4) is 0 Å². The van der Waals surface area contributed by atoms with Crippen molar-refractivity contribution < 1.29 is 29.3 Å². The van der Waals surface area contributed by atoms with Gasteiger partial charge < -0.3 is 35.8 Å². The fraction of sp³-hybridized carbons (Fsp3) is 0.303. The third kappa shape index (κ3) is 6.33. The van der Waals surface area contributed by atoms with Crippen molar-refractivity contribution in [1.82, 2.24) is 9.97 Å². The SMILES string of the molecule is C[C@H]1CN(c2ccncc2NC(=O)c2nc3cc(N4CCOCC4=O)ccc3cc2N(Cc2ccccc2)C(=O)O)C[C@@H](N)[C@@H]1O. The number of amides is 3. The molecule has 4 heterocycles. The van der Waals surface area contributed by atoms with Crippen molar-refractivity contribution in [3.8, 4) is 0 Å². The number of aliphatic hydroxyl groups excluding tert-OH is 1. The molecule has 0 spiro atoms. The van der Waals surface area contributed by atoms with Gasteiger partial charge in [0.1, 0.15) is 6.61 Å². The Morgan fingerprint density at radius 1 is 1.13 bits per heavy atom. The van der Waals surface area contributed by atoms with Crippen LogP contribution < -0.4 is 25.8 Å². The molecule has 0 bridgehead atoms. The quantitative estimate of drug-likeness (QED) is 0.239. The first-order chi connectivity index (χ1) is 22.2. The maximum atomic E-state index is 14.1. The van der Waals surface area contributed by atoms with Crippen LogP contribution >= 0.6 is 0 Å². The molecule has 6 rings (SSSR count). The van der Waals surface area contributed by atoms with Gasteiger partial charge in [-0.25, -0.2) is 9.78 Å². The van der Waals surface area contributed by atoms with Gasteiger partial charge in [-0.05, 0) is 29.8 Å². The number of nitrogens with zero attached hydrogens (tertiary/aromatic N) is 5. The minimum Gasteiger partial charge on any atom is -0.465 e. The van der Waals surface area contributed by atoms with E-state index >= 15 is 0 Å². The minimum atomic E-state index is -1.26. The van der Waals surface area contributed by atoms with E-state index in [-0.39, 0.29) is 36.4 Å². The summed E-state index contributed by atoms with van der Waals surface area (Å²) in [6, 6.07) is 17.2. The van der Waals surface area contributed by atoms with E-state index in [1.54, 1.807) is 53.6 Å². The fourth-order valence-corrected chi connectivity index (χ4v) is 5.95. The lowest BCUT2D eigenvalue weighted by Gasteiger charge is -2.40. The number of anilines is 4. The molecule has 2 saturated heterocycles. The van der Waals surface area contributed by atoms with Gasteiger partial charge in [-0.2, -0.15) is 0 Å². The summed E-state index contributed by atoms with van der Waals surface area (Å²) in [7, 11) is 0. The zero-order chi connectivity index (χ0) is 32.4. The molecule has 0 aliphatic carbocycles. The average molecular weight is 626 g/mol. The molecular weight excluding hydrogens is 590 g/mol. The third-order valence-electron chi connectivity index (χ3n) is 8.35. The Morgan fingerprint density at radius 2 is 1.93 bits per heavy atom. The number of hydrogen-bond donors (Lipinski definition) is 4. The Bertz CT molecular complexity index is 1760. The summed E-state index contributed by atoms with van der Waals surface area (Å²) in [5.41, 5.74) is 8.96. The van der Waals surface area contributed by atoms with Crippen LogP contribution in [0.4, 0.5) is 27.5 Å². The Hall–Kier alpha value is -5.11. The lowest BCUT2D eigenvalue weighted by molar-refractivity contribution is -0.125. The Kier molecular flexibility index (Phi) is 8.79. The number of carbonyl (C=O) groups is 3. The number of rotatable bonds is 7. The summed E-state index contributed by atoms with van der Waals surface area (Å²) in [4.78, 5) is 52.9. The molecule has 13 nitrogen and oxygen atoms in total. The number of carbonyl (C=O) groups excluding carboxylic acids is 2. The van der Waals surface area contributed by atoms with Crippen LogP contribution in [0.2, 0.25) is 0 Å². The van der Waals surface area contributed by atoms with Gasteiger partial charge in [-0.15, -0.1) is 0 Å². The maximum absolute atomic E-state index is 14.1. The normalized spacial score (nSPS) is 20.1. The molecule has 5 N–H and O–H groups in total. The predicted molar refractivity (Wildman–Crippen MR) is 173 cm³/mol. The van der Waals surface area contributed by atoms with Crippen molar-refractivity contribution in [2.75, 3.05) is 52.9 Å². The number of piperidine rings is 1. The molecule has 2 aliphatic heterocycles. The van der Waals surface area contributed by atoms with Gasteiger partial charge in [-0.1, -0.05) is 43.3 Å². The summed E-state index contributed by atoms with van der Waals surface area (Å²) < 4.78 is 5.26. The lowest BCUT2D eigenvalue weighted by Crippen LogP contribution is -2.55. The van der Waals surface area contributed by atoms with Gasteiger partial charge >= 0.3 is 6.09 Å². The molecule has 2 fully saturated rings. The molecule has 3 amide bonds. The number of aromatic nitrogens is 2. The number of nitrogens with one attached hydrogen (secondary N) is 1. The molecule has 238 valence electrons.